The second-order valence-corrected chi connectivity index (χ2v) is 4.56. The molecule has 1 N–H and O–H groups in total. The Morgan fingerprint density at radius 3 is 2.36 bits per heavy atom. The van der Waals surface area contributed by atoms with Crippen LogP contribution >= 0.6 is 0 Å². The first-order valence-corrected chi connectivity index (χ1v) is 6.61. The number of nitrogens with zero attached hydrogens (tertiary/aromatic N) is 1. The van der Waals surface area contributed by atoms with E-state index in [4.69, 9.17) is 9.47 Å². The number of carbonyl (C=O) groups excluding carboxylic acids is 3. The lowest BCUT2D eigenvalue weighted by Crippen LogP contribution is -2.37. The van der Waals surface area contributed by atoms with E-state index >= 15 is 0 Å². The minimum atomic E-state index is -1.01. The summed E-state index contributed by atoms with van der Waals surface area (Å²) in [5.41, 5.74) is 0. The van der Waals surface area contributed by atoms with Gasteiger partial charge in [0.25, 0.3) is 11.8 Å². The molecular weight excluding hydrogens is 290 g/mol. The summed E-state index contributed by atoms with van der Waals surface area (Å²) in [6.07, 6.45) is 1.16. The van der Waals surface area contributed by atoms with Crippen LogP contribution in [0.2, 0.25) is 0 Å². The zero-order valence-electron chi connectivity index (χ0n) is 11.7. The second-order valence-electron chi connectivity index (χ2n) is 4.56. The van der Waals surface area contributed by atoms with E-state index in [1.54, 1.807) is 24.3 Å². The van der Waals surface area contributed by atoms with Gasteiger partial charge in [0.15, 0.2) is 0 Å². The van der Waals surface area contributed by atoms with Crippen molar-refractivity contribution >= 4 is 17.8 Å². The summed E-state index contributed by atoms with van der Waals surface area (Å²) in [5, 5.41) is 9.66. The van der Waals surface area contributed by atoms with Crippen LogP contribution in [0.3, 0.4) is 0 Å². The van der Waals surface area contributed by atoms with Crippen molar-refractivity contribution in [3.05, 3.63) is 42.5 Å². The Balaban J connectivity index is 1.67. The number of imide groups is 1. The van der Waals surface area contributed by atoms with Gasteiger partial charge >= 0.3 is 5.97 Å². The van der Waals surface area contributed by atoms with Crippen molar-refractivity contribution in [3.63, 3.8) is 0 Å². The lowest BCUT2D eigenvalue weighted by Gasteiger charge is -2.15. The van der Waals surface area contributed by atoms with E-state index < -0.39 is 30.4 Å². The fraction of sp³-hybridized carbons (Fsp3) is 0.267. The second kappa shape index (κ2) is 7.37. The number of carbonyl (C=O) groups is 3. The smallest absolute Gasteiger partial charge is 0.326 e. The molecule has 1 heterocycles. The van der Waals surface area contributed by atoms with Gasteiger partial charge in [-0.3, -0.25) is 19.3 Å². The third-order valence-electron chi connectivity index (χ3n) is 2.81. The molecule has 0 aliphatic carbocycles. The maximum Gasteiger partial charge on any atom is 0.326 e. The first-order valence-electron chi connectivity index (χ1n) is 6.61. The van der Waals surface area contributed by atoms with Gasteiger partial charge in [-0.2, -0.15) is 0 Å². The average Bonchev–Trinajstić information content (AvgIpc) is 2.84. The summed E-state index contributed by atoms with van der Waals surface area (Å²) >= 11 is 0. The Morgan fingerprint density at radius 1 is 1.09 bits per heavy atom. The monoisotopic (exact) mass is 305 g/mol. The Kier molecular flexibility index (Phi) is 5.26. The average molecular weight is 305 g/mol. The zero-order chi connectivity index (χ0) is 15.9. The van der Waals surface area contributed by atoms with Crippen LogP contribution in [0.1, 0.15) is 0 Å². The molecule has 1 aliphatic rings. The number of esters is 1. The van der Waals surface area contributed by atoms with Gasteiger partial charge in [-0.05, 0) is 12.1 Å². The Hall–Kier alpha value is -2.67. The molecule has 0 radical (unpaired) electrons. The molecule has 0 bridgehead atoms. The van der Waals surface area contributed by atoms with Crippen molar-refractivity contribution in [1.29, 1.82) is 0 Å². The normalized spacial score (nSPS) is 15.0. The first-order chi connectivity index (χ1) is 10.6. The fourth-order valence-corrected chi connectivity index (χ4v) is 1.71. The van der Waals surface area contributed by atoms with Gasteiger partial charge in [0.2, 0.25) is 0 Å². The molecule has 7 nitrogen and oxygen atoms in total. The highest BCUT2D eigenvalue weighted by Crippen LogP contribution is 2.08. The number of amides is 2. The predicted molar refractivity (Wildman–Crippen MR) is 74.8 cm³/mol. The molecule has 1 aromatic rings. The number of ether oxygens (including phenoxy) is 2. The highest BCUT2D eigenvalue weighted by atomic mass is 16.5. The summed E-state index contributed by atoms with van der Waals surface area (Å²) < 4.78 is 10.1. The van der Waals surface area contributed by atoms with Gasteiger partial charge in [-0.1, -0.05) is 18.2 Å². The Labute approximate surface area is 126 Å². The van der Waals surface area contributed by atoms with Crippen LogP contribution in [0, 0.1) is 0 Å². The lowest BCUT2D eigenvalue weighted by atomic mass is 10.3. The maximum atomic E-state index is 11.5. The molecule has 0 spiro atoms. The van der Waals surface area contributed by atoms with Gasteiger partial charge < -0.3 is 14.6 Å². The van der Waals surface area contributed by atoms with E-state index in [0.717, 1.165) is 17.1 Å². The highest BCUT2D eigenvalue weighted by Gasteiger charge is 2.26. The minimum Gasteiger partial charge on any atom is -0.491 e. The van der Waals surface area contributed by atoms with Gasteiger partial charge in [-0.25, -0.2) is 0 Å². The molecular formula is C15H15NO6. The molecule has 1 aromatic carbocycles. The molecule has 0 saturated carbocycles. The quantitative estimate of drug-likeness (QED) is 0.558. The van der Waals surface area contributed by atoms with Gasteiger partial charge in [0.1, 0.15) is 31.6 Å². The van der Waals surface area contributed by atoms with Crippen molar-refractivity contribution in [2.24, 2.45) is 0 Å². The summed E-state index contributed by atoms with van der Waals surface area (Å²) in [6.45, 7) is -0.799. The topological polar surface area (TPSA) is 93.1 Å². The maximum absolute atomic E-state index is 11.5. The minimum absolute atomic E-state index is 0.0412. The largest absolute Gasteiger partial charge is 0.491 e. The summed E-state index contributed by atoms with van der Waals surface area (Å²) in [5.74, 6) is -1.30. The van der Waals surface area contributed by atoms with Crippen molar-refractivity contribution in [1.82, 2.24) is 4.90 Å². The Morgan fingerprint density at radius 2 is 1.73 bits per heavy atom. The Bertz CT molecular complexity index is 565. The van der Waals surface area contributed by atoms with Crippen LogP contribution in [0.4, 0.5) is 0 Å². The van der Waals surface area contributed by atoms with Crippen LogP contribution < -0.4 is 4.74 Å². The van der Waals surface area contributed by atoms with E-state index in [-0.39, 0.29) is 13.2 Å². The number of hydrogen-bond donors (Lipinski definition) is 1. The first kappa shape index (κ1) is 15.7. The number of aliphatic hydroxyl groups excluding tert-OH is 1. The molecule has 0 saturated heterocycles. The van der Waals surface area contributed by atoms with Gasteiger partial charge in [0, 0.05) is 12.2 Å². The van der Waals surface area contributed by atoms with E-state index in [2.05, 4.69) is 0 Å². The molecule has 1 aliphatic heterocycles. The molecule has 22 heavy (non-hydrogen) atoms. The van der Waals surface area contributed by atoms with E-state index in [1.807, 2.05) is 6.07 Å². The van der Waals surface area contributed by atoms with Crippen LogP contribution in [-0.4, -0.2) is 53.7 Å². The lowest BCUT2D eigenvalue weighted by molar-refractivity contribution is -0.154. The third kappa shape index (κ3) is 4.42. The summed E-state index contributed by atoms with van der Waals surface area (Å²) in [6, 6.07) is 8.88. The van der Waals surface area contributed by atoms with Crippen LogP contribution in [0.25, 0.3) is 0 Å². The molecule has 1 unspecified atom stereocenters. The van der Waals surface area contributed by atoms with Crippen molar-refractivity contribution < 1.29 is 29.0 Å². The molecule has 116 valence electrons. The number of rotatable bonds is 7. The molecule has 7 heteroatoms. The van der Waals surface area contributed by atoms with Crippen molar-refractivity contribution in [2.45, 2.75) is 6.10 Å². The third-order valence-corrected chi connectivity index (χ3v) is 2.81. The summed E-state index contributed by atoms with van der Waals surface area (Å²) in [7, 11) is 0. The van der Waals surface area contributed by atoms with E-state index in [9.17, 15) is 19.5 Å². The highest BCUT2D eigenvalue weighted by molar-refractivity contribution is 6.14. The van der Waals surface area contributed by atoms with Crippen molar-refractivity contribution in [2.75, 3.05) is 19.8 Å². The zero-order valence-corrected chi connectivity index (χ0v) is 11.7. The van der Waals surface area contributed by atoms with Crippen LogP contribution in [0.15, 0.2) is 42.5 Å². The number of para-hydroxylation sites is 1. The number of hydrogen-bond acceptors (Lipinski definition) is 6. The fourth-order valence-electron chi connectivity index (χ4n) is 1.71. The number of aliphatic hydroxyl groups is 1. The van der Waals surface area contributed by atoms with Gasteiger partial charge in [0.05, 0.1) is 0 Å². The molecule has 2 rings (SSSR count). The van der Waals surface area contributed by atoms with E-state index in [1.165, 1.54) is 0 Å². The molecule has 0 aromatic heterocycles. The molecule has 0 fully saturated rings. The van der Waals surface area contributed by atoms with Crippen LogP contribution in [0.5, 0.6) is 5.75 Å². The molecule has 2 amide bonds. The van der Waals surface area contributed by atoms with E-state index in [0.29, 0.717) is 5.75 Å². The van der Waals surface area contributed by atoms with Gasteiger partial charge in [-0.15, -0.1) is 0 Å². The molecule has 1 atom stereocenters. The van der Waals surface area contributed by atoms with Crippen molar-refractivity contribution in [3.8, 4) is 5.75 Å². The predicted octanol–water partition coefficient (Wildman–Crippen LogP) is -0.106. The SMILES string of the molecule is O=C(CN1C(=O)C=CC1=O)OCC(O)COc1ccccc1. The summed E-state index contributed by atoms with van der Waals surface area (Å²) in [4.78, 5) is 34.8. The number of benzene rings is 1. The van der Waals surface area contributed by atoms with Crippen LogP contribution in [-0.2, 0) is 19.1 Å². The standard InChI is InChI=1S/C15H15NO6/c17-11(9-21-12-4-2-1-3-5-12)10-22-15(20)8-16-13(18)6-7-14(16)19/h1-7,11,17H,8-10H2.